The Labute approximate surface area is 199 Å². The molecule has 0 saturated carbocycles. The van der Waals surface area contributed by atoms with Crippen LogP contribution in [0.1, 0.15) is 40.0 Å². The summed E-state index contributed by atoms with van der Waals surface area (Å²) in [6.45, 7) is 4.32. The average molecular weight is 478 g/mol. The number of benzene rings is 2. The quantitative estimate of drug-likeness (QED) is 0.540. The number of hydrogen-bond acceptors (Lipinski definition) is 5. The molecular weight excluding hydrogens is 450 g/mol. The highest BCUT2D eigenvalue weighted by Crippen LogP contribution is 2.30. The lowest BCUT2D eigenvalue weighted by molar-refractivity contribution is 0.0971. The van der Waals surface area contributed by atoms with Crippen LogP contribution < -0.4 is 9.46 Å². The van der Waals surface area contributed by atoms with E-state index in [2.05, 4.69) is 9.82 Å². The van der Waals surface area contributed by atoms with Crippen molar-refractivity contribution in [3.05, 3.63) is 94.0 Å². The summed E-state index contributed by atoms with van der Waals surface area (Å²) in [6.07, 6.45) is 6.07. The first kappa shape index (κ1) is 23.5. The van der Waals surface area contributed by atoms with Gasteiger partial charge in [-0.05, 0) is 67.7 Å². The molecule has 0 fully saturated rings. The third-order valence-corrected chi connectivity index (χ3v) is 7.38. The zero-order valence-electron chi connectivity index (χ0n) is 19.4. The fourth-order valence-corrected chi connectivity index (χ4v) is 5.12. The van der Waals surface area contributed by atoms with E-state index in [1.165, 1.54) is 6.08 Å². The van der Waals surface area contributed by atoms with Gasteiger partial charge in [-0.2, -0.15) is 5.10 Å². The van der Waals surface area contributed by atoms with Gasteiger partial charge in [0.25, 0.3) is 15.9 Å². The van der Waals surface area contributed by atoms with Gasteiger partial charge < -0.3 is 4.74 Å². The van der Waals surface area contributed by atoms with Crippen LogP contribution >= 0.6 is 0 Å². The van der Waals surface area contributed by atoms with Crippen LogP contribution in [0.15, 0.2) is 71.7 Å². The Morgan fingerprint density at radius 1 is 1.12 bits per heavy atom. The van der Waals surface area contributed by atoms with Gasteiger partial charge in [0.2, 0.25) is 0 Å². The smallest absolute Gasteiger partial charge is 0.283 e. The molecule has 0 bridgehead atoms. The van der Waals surface area contributed by atoms with Crippen LogP contribution in [0.4, 0.5) is 0 Å². The lowest BCUT2D eigenvalue weighted by atomic mass is 10.0. The number of carbonyl (C=O) groups excluding carboxylic acids is 1. The largest absolute Gasteiger partial charge is 0.496 e. The number of sulfonamides is 1. The summed E-state index contributed by atoms with van der Waals surface area (Å²) in [7, 11) is -2.39. The molecule has 1 amide bonds. The second-order valence-corrected chi connectivity index (χ2v) is 9.91. The first-order chi connectivity index (χ1) is 16.3. The Kier molecular flexibility index (Phi) is 6.70. The number of para-hydroxylation sites is 1. The van der Waals surface area contributed by atoms with Crippen molar-refractivity contribution in [2.24, 2.45) is 0 Å². The minimum absolute atomic E-state index is 0.152. The van der Waals surface area contributed by atoms with Crippen molar-refractivity contribution in [1.29, 1.82) is 0 Å². The van der Waals surface area contributed by atoms with E-state index in [-0.39, 0.29) is 10.6 Å². The Morgan fingerprint density at radius 2 is 1.85 bits per heavy atom. The van der Waals surface area contributed by atoms with E-state index < -0.39 is 15.9 Å². The fraction of sp³-hybridized carbons (Fsp3) is 0.231. The summed E-state index contributed by atoms with van der Waals surface area (Å²) in [5, 5.41) is 4.69. The number of aromatic nitrogens is 2. The van der Waals surface area contributed by atoms with E-state index in [9.17, 15) is 13.2 Å². The summed E-state index contributed by atoms with van der Waals surface area (Å²) in [6, 6.07) is 14.9. The maximum absolute atomic E-state index is 13.3. The van der Waals surface area contributed by atoms with Crippen LogP contribution in [-0.4, -0.2) is 31.2 Å². The Morgan fingerprint density at radius 3 is 2.53 bits per heavy atom. The molecule has 1 aliphatic carbocycles. The monoisotopic (exact) mass is 477 g/mol. The highest BCUT2D eigenvalue weighted by molar-refractivity contribution is 7.93. The van der Waals surface area contributed by atoms with Gasteiger partial charge in [0.15, 0.2) is 0 Å². The average Bonchev–Trinajstić information content (AvgIpc) is 3.26. The fourth-order valence-electron chi connectivity index (χ4n) is 4.00. The molecule has 1 aliphatic rings. The summed E-state index contributed by atoms with van der Waals surface area (Å²) in [5.41, 5.74) is 4.53. The number of nitrogens with one attached hydrogen (secondary N) is 1. The number of nitrogens with zero attached hydrogens (tertiary/aromatic N) is 2. The van der Waals surface area contributed by atoms with Crippen LogP contribution in [0.3, 0.4) is 0 Å². The molecular formula is C26H27N3O4S. The third-order valence-electron chi connectivity index (χ3n) is 5.90. The molecule has 2 aromatic carbocycles. The molecule has 34 heavy (non-hydrogen) atoms. The molecule has 4 rings (SSSR count). The molecule has 176 valence electrons. The second-order valence-electron chi connectivity index (χ2n) is 8.18. The van der Waals surface area contributed by atoms with Gasteiger partial charge in [-0.3, -0.25) is 9.48 Å². The van der Waals surface area contributed by atoms with Gasteiger partial charge in [-0.25, -0.2) is 13.1 Å². The molecule has 7 nitrogen and oxygen atoms in total. The van der Waals surface area contributed by atoms with Crippen LogP contribution in [0, 0.1) is 13.8 Å². The van der Waals surface area contributed by atoms with E-state index >= 15 is 0 Å². The van der Waals surface area contributed by atoms with Gasteiger partial charge in [0.05, 0.1) is 24.3 Å². The highest BCUT2D eigenvalue weighted by atomic mass is 32.2. The molecule has 1 heterocycles. The second kappa shape index (κ2) is 9.69. The van der Waals surface area contributed by atoms with Gasteiger partial charge in [0, 0.05) is 5.56 Å². The van der Waals surface area contributed by atoms with Gasteiger partial charge in [-0.15, -0.1) is 0 Å². The van der Waals surface area contributed by atoms with Crippen molar-refractivity contribution in [3.8, 4) is 17.0 Å². The molecule has 8 heteroatoms. The van der Waals surface area contributed by atoms with Crippen LogP contribution in [0.5, 0.6) is 5.75 Å². The predicted octanol–water partition coefficient (Wildman–Crippen LogP) is 4.52. The number of methoxy groups -OCH3 is 1. The highest BCUT2D eigenvalue weighted by Gasteiger charge is 2.25. The first-order valence-electron chi connectivity index (χ1n) is 11.0. The number of ether oxygens (including phenoxy) is 1. The third kappa shape index (κ3) is 4.82. The van der Waals surface area contributed by atoms with Crippen LogP contribution in [0.25, 0.3) is 11.3 Å². The van der Waals surface area contributed by atoms with E-state index in [0.717, 1.165) is 16.7 Å². The van der Waals surface area contributed by atoms with Crippen LogP contribution in [-0.2, 0) is 16.6 Å². The lowest BCUT2D eigenvalue weighted by Crippen LogP contribution is -2.33. The summed E-state index contributed by atoms with van der Waals surface area (Å²) >= 11 is 0. The molecule has 1 N–H and O–H groups in total. The normalized spacial score (nSPS) is 13.4. The topological polar surface area (TPSA) is 90.3 Å². The van der Waals surface area contributed by atoms with E-state index in [0.29, 0.717) is 36.4 Å². The van der Waals surface area contributed by atoms with E-state index in [1.54, 1.807) is 23.9 Å². The molecule has 0 saturated heterocycles. The molecule has 0 aliphatic heterocycles. The number of allylic oxidation sites excluding steroid dienone is 4. The summed E-state index contributed by atoms with van der Waals surface area (Å²) in [4.78, 5) is 13.4. The maximum Gasteiger partial charge on any atom is 0.283 e. The lowest BCUT2D eigenvalue weighted by Gasteiger charge is -2.14. The first-order valence-corrected chi connectivity index (χ1v) is 12.5. The van der Waals surface area contributed by atoms with Crippen LogP contribution in [0.2, 0.25) is 0 Å². The number of carbonyl (C=O) groups is 1. The van der Waals surface area contributed by atoms with E-state index in [4.69, 9.17) is 4.74 Å². The van der Waals surface area contributed by atoms with E-state index in [1.807, 2.05) is 62.4 Å². The minimum Gasteiger partial charge on any atom is -0.496 e. The van der Waals surface area contributed by atoms with Crippen molar-refractivity contribution in [2.45, 2.75) is 33.2 Å². The van der Waals surface area contributed by atoms with Crippen molar-refractivity contribution in [2.75, 3.05) is 7.11 Å². The Bertz CT molecular complexity index is 1380. The predicted molar refractivity (Wildman–Crippen MR) is 132 cm³/mol. The summed E-state index contributed by atoms with van der Waals surface area (Å²) < 4.78 is 34.9. The molecule has 0 spiro atoms. The van der Waals surface area contributed by atoms with Gasteiger partial charge in [-0.1, -0.05) is 42.5 Å². The molecule has 0 atom stereocenters. The minimum atomic E-state index is -3.96. The molecule has 0 unspecified atom stereocenters. The maximum atomic E-state index is 13.3. The number of hydrogen-bond donors (Lipinski definition) is 1. The zero-order chi connectivity index (χ0) is 24.3. The van der Waals surface area contributed by atoms with Gasteiger partial charge in [0.1, 0.15) is 11.4 Å². The van der Waals surface area contributed by atoms with Crippen molar-refractivity contribution in [1.82, 2.24) is 14.5 Å². The molecule has 1 aromatic heterocycles. The van der Waals surface area contributed by atoms with Crippen molar-refractivity contribution in [3.63, 3.8) is 0 Å². The number of amides is 1. The van der Waals surface area contributed by atoms with Crippen molar-refractivity contribution >= 4 is 15.9 Å². The van der Waals surface area contributed by atoms with Crippen molar-refractivity contribution < 1.29 is 17.9 Å². The zero-order valence-corrected chi connectivity index (χ0v) is 20.2. The Hall–Kier alpha value is -3.65. The summed E-state index contributed by atoms with van der Waals surface area (Å²) in [5.74, 6) is -0.117. The SMILES string of the molecule is COc1ccccc1-c1cc(C(=O)NS(=O)(=O)C2=CC=CCC2)n(Cc2c(C)cccc2C)n1. The van der Waals surface area contributed by atoms with Gasteiger partial charge >= 0.3 is 0 Å². The molecule has 3 aromatic rings. The number of aryl methyl sites for hydroxylation is 2. The molecule has 0 radical (unpaired) electrons. The standard InChI is InChI=1S/C26H27N3O4S/c1-18-10-9-11-19(2)22(18)17-29-24(16-23(27-29)21-14-7-8-15-25(21)33-3)26(30)28-34(31,32)20-12-5-4-6-13-20/h4-5,7-12,14-16H,6,13,17H2,1-3H3,(H,28,30). The Balaban J connectivity index is 1.76. The number of rotatable bonds is 7.